The molecule has 114 valence electrons. The van der Waals surface area contributed by atoms with Crippen molar-refractivity contribution in [3.8, 4) is 0 Å². The van der Waals surface area contributed by atoms with Gasteiger partial charge >= 0.3 is 0 Å². The topological polar surface area (TPSA) is 29.9 Å². The van der Waals surface area contributed by atoms with Crippen LogP contribution in [0.2, 0.25) is 5.02 Å². The van der Waals surface area contributed by atoms with E-state index in [1.807, 2.05) is 13.1 Å². The van der Waals surface area contributed by atoms with Gasteiger partial charge in [-0.2, -0.15) is 5.10 Å². The molecule has 1 aromatic heterocycles. The van der Waals surface area contributed by atoms with Gasteiger partial charge in [-0.3, -0.25) is 4.68 Å². The minimum absolute atomic E-state index is 0.136. The molecule has 1 atom stereocenters. The van der Waals surface area contributed by atoms with Gasteiger partial charge in [0.1, 0.15) is 0 Å². The van der Waals surface area contributed by atoms with Gasteiger partial charge in [0.05, 0.1) is 11.7 Å². The molecule has 1 N–H and O–H groups in total. The summed E-state index contributed by atoms with van der Waals surface area (Å²) in [5.74, 6) is 0. The van der Waals surface area contributed by atoms with Crippen LogP contribution >= 0.6 is 11.6 Å². The summed E-state index contributed by atoms with van der Waals surface area (Å²) in [5, 5.41) is 8.88. The van der Waals surface area contributed by atoms with Crippen LogP contribution in [0.1, 0.15) is 49.6 Å². The van der Waals surface area contributed by atoms with Crippen LogP contribution in [-0.4, -0.2) is 16.3 Å². The molecule has 0 radical (unpaired) electrons. The number of aryl methyl sites for hydroxylation is 2. The Balaban J connectivity index is 2.37. The van der Waals surface area contributed by atoms with Gasteiger partial charge < -0.3 is 5.32 Å². The van der Waals surface area contributed by atoms with Crippen LogP contribution in [-0.2, 0) is 6.54 Å². The van der Waals surface area contributed by atoms with E-state index in [1.165, 1.54) is 11.3 Å². The fourth-order valence-electron chi connectivity index (χ4n) is 2.46. The van der Waals surface area contributed by atoms with E-state index >= 15 is 0 Å². The van der Waals surface area contributed by atoms with E-state index in [0.717, 1.165) is 36.5 Å². The van der Waals surface area contributed by atoms with E-state index in [4.69, 9.17) is 11.6 Å². The molecule has 0 fully saturated rings. The summed E-state index contributed by atoms with van der Waals surface area (Å²) in [6.45, 7) is 8.28. The third-order valence-electron chi connectivity index (χ3n) is 3.61. The Kier molecular flexibility index (Phi) is 5.83. The Labute approximate surface area is 132 Å². The summed E-state index contributed by atoms with van der Waals surface area (Å²) in [5.41, 5.74) is 3.50. The molecule has 21 heavy (non-hydrogen) atoms. The van der Waals surface area contributed by atoms with Crippen LogP contribution in [0.15, 0.2) is 30.5 Å². The first-order chi connectivity index (χ1) is 10.2. The van der Waals surface area contributed by atoms with E-state index < -0.39 is 0 Å². The average molecular weight is 306 g/mol. The molecule has 1 unspecified atom stereocenters. The van der Waals surface area contributed by atoms with Crippen LogP contribution in [0, 0.1) is 6.92 Å². The van der Waals surface area contributed by atoms with Gasteiger partial charge in [0.15, 0.2) is 0 Å². The zero-order valence-electron chi connectivity index (χ0n) is 13.1. The molecule has 0 amide bonds. The van der Waals surface area contributed by atoms with Gasteiger partial charge in [0, 0.05) is 17.8 Å². The van der Waals surface area contributed by atoms with Gasteiger partial charge in [0.2, 0.25) is 0 Å². The van der Waals surface area contributed by atoms with Crippen LogP contribution in [0.3, 0.4) is 0 Å². The lowest BCUT2D eigenvalue weighted by Crippen LogP contribution is -2.26. The lowest BCUT2D eigenvalue weighted by molar-refractivity contribution is 0.511. The minimum Gasteiger partial charge on any atom is -0.305 e. The smallest absolute Gasteiger partial charge is 0.0748 e. The highest BCUT2D eigenvalue weighted by atomic mass is 35.5. The Bertz CT molecular complexity index is 577. The molecule has 0 bridgehead atoms. The number of hydrogen-bond acceptors (Lipinski definition) is 2. The first-order valence-electron chi connectivity index (χ1n) is 7.68. The molecule has 3 nitrogen and oxygen atoms in total. The van der Waals surface area contributed by atoms with E-state index in [-0.39, 0.29) is 6.04 Å². The molecule has 2 rings (SSSR count). The van der Waals surface area contributed by atoms with Crippen molar-refractivity contribution < 1.29 is 0 Å². The van der Waals surface area contributed by atoms with E-state index in [9.17, 15) is 0 Å². The molecular formula is C17H24ClN3. The summed E-state index contributed by atoms with van der Waals surface area (Å²) >= 11 is 6.30. The van der Waals surface area contributed by atoms with E-state index in [0.29, 0.717) is 0 Å². The highest BCUT2D eigenvalue weighted by Gasteiger charge is 2.18. The number of benzene rings is 1. The summed E-state index contributed by atoms with van der Waals surface area (Å²) in [4.78, 5) is 0. The van der Waals surface area contributed by atoms with Crippen molar-refractivity contribution in [1.29, 1.82) is 0 Å². The fraction of sp³-hybridized carbons (Fsp3) is 0.471. The monoisotopic (exact) mass is 305 g/mol. The predicted molar refractivity (Wildman–Crippen MR) is 88.8 cm³/mol. The summed E-state index contributed by atoms with van der Waals surface area (Å²) in [7, 11) is 0. The molecule has 0 saturated heterocycles. The lowest BCUT2D eigenvalue weighted by atomic mass is 10.0. The standard InChI is InChI=1S/C17H24ClN3/c1-4-9-19-17(14-7-6-13(3)15(18)12-14)16-8-10-20-21(16)11-5-2/h6-8,10,12,17,19H,4-5,9,11H2,1-3H3. The maximum Gasteiger partial charge on any atom is 0.0748 e. The number of aromatic nitrogens is 2. The quantitative estimate of drug-likeness (QED) is 0.824. The molecule has 0 saturated carbocycles. The zero-order chi connectivity index (χ0) is 15.2. The molecule has 0 aliphatic rings. The number of nitrogens with zero attached hydrogens (tertiary/aromatic N) is 2. The van der Waals surface area contributed by atoms with E-state index in [2.05, 4.69) is 53.2 Å². The minimum atomic E-state index is 0.136. The van der Waals surface area contributed by atoms with Crippen molar-refractivity contribution in [3.05, 3.63) is 52.3 Å². The Morgan fingerprint density at radius 2 is 2.05 bits per heavy atom. The van der Waals surface area contributed by atoms with Crippen molar-refractivity contribution in [3.63, 3.8) is 0 Å². The Morgan fingerprint density at radius 3 is 2.71 bits per heavy atom. The van der Waals surface area contributed by atoms with Gasteiger partial charge in [-0.25, -0.2) is 0 Å². The highest BCUT2D eigenvalue weighted by molar-refractivity contribution is 6.31. The van der Waals surface area contributed by atoms with Gasteiger partial charge in [-0.15, -0.1) is 0 Å². The summed E-state index contributed by atoms with van der Waals surface area (Å²) in [6, 6.07) is 8.53. The van der Waals surface area contributed by atoms with Crippen molar-refractivity contribution in [2.24, 2.45) is 0 Å². The largest absolute Gasteiger partial charge is 0.305 e. The first kappa shape index (κ1) is 16.1. The highest BCUT2D eigenvalue weighted by Crippen LogP contribution is 2.26. The summed E-state index contributed by atoms with van der Waals surface area (Å²) < 4.78 is 2.08. The Morgan fingerprint density at radius 1 is 1.24 bits per heavy atom. The summed E-state index contributed by atoms with van der Waals surface area (Å²) in [6.07, 6.45) is 4.04. The molecule has 4 heteroatoms. The fourth-order valence-corrected chi connectivity index (χ4v) is 2.65. The SMILES string of the molecule is CCCNC(c1ccc(C)c(Cl)c1)c1ccnn1CCC. The second-order valence-corrected chi connectivity index (χ2v) is 5.78. The van der Waals surface area contributed by atoms with Crippen LogP contribution in [0.4, 0.5) is 0 Å². The zero-order valence-corrected chi connectivity index (χ0v) is 13.8. The Hall–Kier alpha value is -1.32. The predicted octanol–water partition coefficient (Wildman–Crippen LogP) is 4.34. The molecule has 1 heterocycles. The third kappa shape index (κ3) is 3.86. The van der Waals surface area contributed by atoms with Crippen molar-refractivity contribution >= 4 is 11.6 Å². The second kappa shape index (κ2) is 7.62. The maximum atomic E-state index is 6.30. The van der Waals surface area contributed by atoms with Crippen molar-refractivity contribution in [1.82, 2.24) is 15.1 Å². The molecule has 2 aromatic rings. The van der Waals surface area contributed by atoms with E-state index in [1.54, 1.807) is 0 Å². The van der Waals surface area contributed by atoms with Crippen LogP contribution in [0.5, 0.6) is 0 Å². The molecule has 1 aromatic carbocycles. The molecular weight excluding hydrogens is 282 g/mol. The average Bonchev–Trinajstić information content (AvgIpc) is 2.92. The maximum absolute atomic E-state index is 6.30. The van der Waals surface area contributed by atoms with Gasteiger partial charge in [0.25, 0.3) is 0 Å². The van der Waals surface area contributed by atoms with Crippen molar-refractivity contribution in [2.45, 2.75) is 46.2 Å². The molecule has 0 aliphatic heterocycles. The van der Waals surface area contributed by atoms with Crippen LogP contribution in [0.25, 0.3) is 0 Å². The number of nitrogens with one attached hydrogen (secondary N) is 1. The third-order valence-corrected chi connectivity index (χ3v) is 4.02. The molecule has 0 aliphatic carbocycles. The number of rotatable bonds is 7. The lowest BCUT2D eigenvalue weighted by Gasteiger charge is -2.21. The second-order valence-electron chi connectivity index (χ2n) is 5.37. The van der Waals surface area contributed by atoms with Gasteiger partial charge in [-0.1, -0.05) is 37.6 Å². The van der Waals surface area contributed by atoms with Gasteiger partial charge in [-0.05, 0) is 49.6 Å². The number of halogens is 1. The molecule has 0 spiro atoms. The van der Waals surface area contributed by atoms with Crippen molar-refractivity contribution in [2.75, 3.05) is 6.54 Å². The number of hydrogen-bond donors (Lipinski definition) is 1. The first-order valence-corrected chi connectivity index (χ1v) is 8.06. The van der Waals surface area contributed by atoms with Crippen LogP contribution < -0.4 is 5.32 Å². The normalized spacial score (nSPS) is 12.6.